The minimum Gasteiger partial charge on any atom is -0.368 e. The van der Waals surface area contributed by atoms with Crippen molar-refractivity contribution in [1.29, 1.82) is 0 Å². The van der Waals surface area contributed by atoms with E-state index in [0.29, 0.717) is 5.02 Å². The van der Waals surface area contributed by atoms with Gasteiger partial charge in [0.1, 0.15) is 0 Å². The third-order valence-corrected chi connectivity index (χ3v) is 5.23. The zero-order valence-electron chi connectivity index (χ0n) is 15.9. The summed E-state index contributed by atoms with van der Waals surface area (Å²) in [5.41, 5.74) is 11.0. The normalized spacial score (nSPS) is 12.1. The number of aryl methyl sites for hydroxylation is 1. The van der Waals surface area contributed by atoms with Crippen LogP contribution in [0.15, 0.2) is 79.5 Å². The standard InChI is InChI=1S/C23H20ClN5/c1-15-12-28-23(25)29-22(15)21(16-6-8-19(24)9-7-16)20(17-4-2-10-26-13-17)18-5-3-11-27-14-18/h2-14,20-21H,1H3,(H2,25,28,29). The molecule has 0 spiro atoms. The van der Waals surface area contributed by atoms with Crippen LogP contribution < -0.4 is 5.73 Å². The topological polar surface area (TPSA) is 77.6 Å². The van der Waals surface area contributed by atoms with Gasteiger partial charge >= 0.3 is 0 Å². The molecule has 29 heavy (non-hydrogen) atoms. The van der Waals surface area contributed by atoms with E-state index in [9.17, 15) is 0 Å². The van der Waals surface area contributed by atoms with E-state index in [-0.39, 0.29) is 17.8 Å². The van der Waals surface area contributed by atoms with Gasteiger partial charge in [0.25, 0.3) is 0 Å². The van der Waals surface area contributed by atoms with Crippen LogP contribution >= 0.6 is 11.6 Å². The van der Waals surface area contributed by atoms with E-state index < -0.39 is 0 Å². The molecule has 0 aliphatic heterocycles. The molecule has 0 aliphatic carbocycles. The largest absolute Gasteiger partial charge is 0.368 e. The highest BCUT2D eigenvalue weighted by molar-refractivity contribution is 6.30. The fourth-order valence-electron chi connectivity index (χ4n) is 3.66. The van der Waals surface area contributed by atoms with Crippen LogP contribution in [-0.4, -0.2) is 19.9 Å². The molecule has 1 unspecified atom stereocenters. The van der Waals surface area contributed by atoms with Crippen LogP contribution in [0.25, 0.3) is 0 Å². The van der Waals surface area contributed by atoms with Crippen LogP contribution in [0.2, 0.25) is 5.02 Å². The third kappa shape index (κ3) is 4.10. The number of rotatable bonds is 5. The van der Waals surface area contributed by atoms with Crippen LogP contribution in [-0.2, 0) is 0 Å². The van der Waals surface area contributed by atoms with E-state index in [1.807, 2.05) is 55.7 Å². The van der Waals surface area contributed by atoms with Gasteiger partial charge in [-0.15, -0.1) is 0 Å². The maximum atomic E-state index is 6.17. The molecular weight excluding hydrogens is 382 g/mol. The van der Waals surface area contributed by atoms with E-state index in [1.54, 1.807) is 18.6 Å². The van der Waals surface area contributed by atoms with Crippen LogP contribution in [0.5, 0.6) is 0 Å². The Labute approximate surface area is 174 Å². The molecule has 6 heteroatoms. The monoisotopic (exact) mass is 401 g/mol. The molecule has 5 nitrogen and oxygen atoms in total. The van der Waals surface area contributed by atoms with Crippen molar-refractivity contribution in [2.24, 2.45) is 0 Å². The number of benzene rings is 1. The predicted octanol–water partition coefficient (Wildman–Crippen LogP) is 4.77. The van der Waals surface area contributed by atoms with Crippen molar-refractivity contribution < 1.29 is 0 Å². The van der Waals surface area contributed by atoms with Gasteiger partial charge in [0, 0.05) is 47.8 Å². The van der Waals surface area contributed by atoms with Crippen LogP contribution in [0, 0.1) is 6.92 Å². The van der Waals surface area contributed by atoms with Gasteiger partial charge in [0.15, 0.2) is 0 Å². The quantitative estimate of drug-likeness (QED) is 0.521. The lowest BCUT2D eigenvalue weighted by Gasteiger charge is -2.29. The fourth-order valence-corrected chi connectivity index (χ4v) is 3.79. The molecule has 2 N–H and O–H groups in total. The van der Waals surface area contributed by atoms with Gasteiger partial charge in [-0.1, -0.05) is 35.9 Å². The Morgan fingerprint density at radius 3 is 1.97 bits per heavy atom. The number of hydrogen-bond acceptors (Lipinski definition) is 5. The van der Waals surface area contributed by atoms with Crippen molar-refractivity contribution in [2.75, 3.05) is 5.73 Å². The van der Waals surface area contributed by atoms with Gasteiger partial charge in [0.2, 0.25) is 5.95 Å². The lowest BCUT2D eigenvalue weighted by Crippen LogP contribution is -2.18. The number of nitrogens with zero attached hydrogens (tertiary/aromatic N) is 4. The summed E-state index contributed by atoms with van der Waals surface area (Å²) in [5.74, 6) is 0.0678. The zero-order chi connectivity index (χ0) is 20.2. The number of nitrogens with two attached hydrogens (primary N) is 1. The molecule has 0 saturated carbocycles. The predicted molar refractivity (Wildman–Crippen MR) is 115 cm³/mol. The minimum absolute atomic E-state index is 0.0634. The van der Waals surface area contributed by atoms with E-state index in [0.717, 1.165) is 27.9 Å². The molecule has 0 fully saturated rings. The number of halogens is 1. The summed E-state index contributed by atoms with van der Waals surface area (Å²) in [6.07, 6.45) is 9.09. The molecule has 0 saturated heterocycles. The molecule has 4 aromatic rings. The van der Waals surface area contributed by atoms with Crippen molar-refractivity contribution in [3.05, 3.63) is 112 Å². The summed E-state index contributed by atoms with van der Waals surface area (Å²) in [6.45, 7) is 2.00. The SMILES string of the molecule is Cc1cnc(N)nc1C(c1ccc(Cl)cc1)C(c1cccnc1)c1cccnc1. The van der Waals surface area contributed by atoms with Crippen LogP contribution in [0.3, 0.4) is 0 Å². The van der Waals surface area contributed by atoms with Gasteiger partial charge < -0.3 is 5.73 Å². The molecule has 3 aromatic heterocycles. The summed E-state index contributed by atoms with van der Waals surface area (Å²) in [6, 6.07) is 15.9. The van der Waals surface area contributed by atoms with Crippen LogP contribution in [0.4, 0.5) is 5.95 Å². The first-order chi connectivity index (χ1) is 14.1. The van der Waals surface area contributed by atoms with Crippen molar-refractivity contribution in [3.8, 4) is 0 Å². The number of pyridine rings is 2. The Bertz CT molecular complexity index is 1050. The van der Waals surface area contributed by atoms with Crippen LogP contribution in [0.1, 0.15) is 39.8 Å². The first-order valence-electron chi connectivity index (χ1n) is 9.28. The molecule has 0 aliphatic rings. The van der Waals surface area contributed by atoms with Gasteiger partial charge in [0.05, 0.1) is 5.69 Å². The van der Waals surface area contributed by atoms with E-state index in [4.69, 9.17) is 17.3 Å². The van der Waals surface area contributed by atoms with Crippen molar-refractivity contribution in [1.82, 2.24) is 19.9 Å². The second-order valence-corrected chi connectivity index (χ2v) is 7.31. The lowest BCUT2D eigenvalue weighted by molar-refractivity contribution is 0.664. The molecule has 144 valence electrons. The number of nitrogen functional groups attached to an aromatic ring is 1. The summed E-state index contributed by atoms with van der Waals surface area (Å²) >= 11 is 6.17. The summed E-state index contributed by atoms with van der Waals surface area (Å²) < 4.78 is 0. The summed E-state index contributed by atoms with van der Waals surface area (Å²) in [5, 5.41) is 0.686. The second-order valence-electron chi connectivity index (χ2n) is 6.88. The average Bonchev–Trinajstić information content (AvgIpc) is 2.76. The Morgan fingerprint density at radius 1 is 0.793 bits per heavy atom. The lowest BCUT2D eigenvalue weighted by atomic mass is 9.75. The first-order valence-corrected chi connectivity index (χ1v) is 9.65. The van der Waals surface area contributed by atoms with Gasteiger partial charge in [-0.2, -0.15) is 0 Å². The highest BCUT2D eigenvalue weighted by Gasteiger charge is 2.31. The van der Waals surface area contributed by atoms with Gasteiger partial charge in [-0.05, 0) is 53.4 Å². The summed E-state index contributed by atoms with van der Waals surface area (Å²) in [7, 11) is 0. The first kappa shape index (κ1) is 19.0. The maximum absolute atomic E-state index is 6.17. The minimum atomic E-state index is -0.119. The second kappa shape index (κ2) is 8.37. The Morgan fingerprint density at radius 2 is 1.41 bits per heavy atom. The average molecular weight is 402 g/mol. The highest BCUT2D eigenvalue weighted by Crippen LogP contribution is 2.43. The molecular formula is C23H20ClN5. The van der Waals surface area contributed by atoms with E-state index in [2.05, 4.69) is 32.1 Å². The molecule has 0 amide bonds. The Hall–Kier alpha value is -3.31. The van der Waals surface area contributed by atoms with Crippen molar-refractivity contribution >= 4 is 17.5 Å². The van der Waals surface area contributed by atoms with E-state index in [1.165, 1.54) is 0 Å². The number of aromatic nitrogens is 4. The smallest absolute Gasteiger partial charge is 0.220 e. The molecule has 0 bridgehead atoms. The fraction of sp³-hybridized carbons (Fsp3) is 0.130. The van der Waals surface area contributed by atoms with Crippen molar-refractivity contribution in [3.63, 3.8) is 0 Å². The third-order valence-electron chi connectivity index (χ3n) is 4.97. The highest BCUT2D eigenvalue weighted by atomic mass is 35.5. The summed E-state index contributed by atoms with van der Waals surface area (Å²) in [4.78, 5) is 17.5. The van der Waals surface area contributed by atoms with Gasteiger partial charge in [-0.25, -0.2) is 9.97 Å². The Kier molecular flexibility index (Phi) is 5.49. The molecule has 1 aromatic carbocycles. The van der Waals surface area contributed by atoms with Crippen molar-refractivity contribution in [2.45, 2.75) is 18.8 Å². The number of anilines is 1. The maximum Gasteiger partial charge on any atom is 0.220 e. The molecule has 1 atom stereocenters. The molecule has 0 radical (unpaired) electrons. The number of hydrogen-bond donors (Lipinski definition) is 1. The molecule has 4 rings (SSSR count). The Balaban J connectivity index is 1.98. The van der Waals surface area contributed by atoms with Gasteiger partial charge in [-0.3, -0.25) is 9.97 Å². The van der Waals surface area contributed by atoms with E-state index >= 15 is 0 Å². The zero-order valence-corrected chi connectivity index (χ0v) is 16.7. The molecule has 3 heterocycles.